The van der Waals surface area contributed by atoms with E-state index in [0.717, 1.165) is 23.8 Å². The fraction of sp³-hybridized carbons (Fsp3) is 0.267. The van der Waals surface area contributed by atoms with Crippen LogP contribution in [0.15, 0.2) is 35.7 Å². The van der Waals surface area contributed by atoms with Crippen LogP contribution in [-0.4, -0.2) is 11.1 Å². The second-order valence-corrected chi connectivity index (χ2v) is 5.48. The molecule has 0 saturated carbocycles. The molecule has 0 fully saturated rings. The topological polar surface area (TPSA) is 49.3 Å². The maximum atomic E-state index is 13.9. The standard InChI is InChI=1S/C15H16FNO2S/c1-2-4-13(14-5-3-8-20-14)17-12-7-6-10(15(18)19)9-11(12)16/h3,5-9,13,17H,2,4H2,1H3,(H,18,19). The van der Waals surface area contributed by atoms with Crippen molar-refractivity contribution in [3.63, 3.8) is 0 Å². The predicted molar refractivity (Wildman–Crippen MR) is 79.0 cm³/mol. The van der Waals surface area contributed by atoms with E-state index in [1.165, 1.54) is 12.1 Å². The van der Waals surface area contributed by atoms with Gasteiger partial charge in [-0.25, -0.2) is 9.18 Å². The van der Waals surface area contributed by atoms with E-state index in [4.69, 9.17) is 5.11 Å². The number of rotatable bonds is 6. The maximum Gasteiger partial charge on any atom is 0.335 e. The number of carbonyl (C=O) groups is 1. The van der Waals surface area contributed by atoms with Crippen molar-refractivity contribution in [2.24, 2.45) is 0 Å². The summed E-state index contributed by atoms with van der Waals surface area (Å²) in [4.78, 5) is 11.9. The van der Waals surface area contributed by atoms with Gasteiger partial charge < -0.3 is 10.4 Å². The van der Waals surface area contributed by atoms with Crippen LogP contribution in [0.5, 0.6) is 0 Å². The molecular weight excluding hydrogens is 277 g/mol. The summed E-state index contributed by atoms with van der Waals surface area (Å²) >= 11 is 1.63. The van der Waals surface area contributed by atoms with Crippen LogP contribution >= 0.6 is 11.3 Å². The monoisotopic (exact) mass is 293 g/mol. The second-order valence-electron chi connectivity index (χ2n) is 4.50. The second kappa shape index (κ2) is 6.52. The molecule has 2 rings (SSSR count). The van der Waals surface area contributed by atoms with Crippen molar-refractivity contribution < 1.29 is 14.3 Å². The zero-order chi connectivity index (χ0) is 14.5. The van der Waals surface area contributed by atoms with Gasteiger partial charge in [-0.15, -0.1) is 11.3 Å². The van der Waals surface area contributed by atoms with Crippen molar-refractivity contribution in [2.75, 3.05) is 5.32 Å². The molecule has 0 spiro atoms. The van der Waals surface area contributed by atoms with E-state index in [9.17, 15) is 9.18 Å². The number of nitrogens with one attached hydrogen (secondary N) is 1. The molecule has 20 heavy (non-hydrogen) atoms. The summed E-state index contributed by atoms with van der Waals surface area (Å²) in [5, 5.41) is 14.0. The summed E-state index contributed by atoms with van der Waals surface area (Å²) in [6, 6.07) is 7.96. The summed E-state index contributed by atoms with van der Waals surface area (Å²) in [5.41, 5.74) is 0.290. The van der Waals surface area contributed by atoms with Crippen LogP contribution in [0.25, 0.3) is 0 Å². The number of anilines is 1. The van der Waals surface area contributed by atoms with Gasteiger partial charge in [-0.1, -0.05) is 19.4 Å². The molecule has 1 atom stereocenters. The van der Waals surface area contributed by atoms with Crippen molar-refractivity contribution >= 4 is 23.0 Å². The normalized spacial score (nSPS) is 12.1. The smallest absolute Gasteiger partial charge is 0.335 e. The highest BCUT2D eigenvalue weighted by Gasteiger charge is 2.15. The Kier molecular flexibility index (Phi) is 4.74. The summed E-state index contributed by atoms with van der Waals surface area (Å²) in [6.07, 6.45) is 1.87. The molecule has 1 heterocycles. The molecule has 3 nitrogen and oxygen atoms in total. The Bertz CT molecular complexity index is 584. The number of benzene rings is 1. The van der Waals surface area contributed by atoms with Gasteiger partial charge in [0.2, 0.25) is 0 Å². The van der Waals surface area contributed by atoms with E-state index < -0.39 is 11.8 Å². The van der Waals surface area contributed by atoms with Crippen LogP contribution in [0, 0.1) is 5.82 Å². The number of aromatic carboxylic acids is 1. The zero-order valence-electron chi connectivity index (χ0n) is 11.1. The average Bonchev–Trinajstić information content (AvgIpc) is 2.94. The van der Waals surface area contributed by atoms with E-state index in [-0.39, 0.29) is 11.6 Å². The molecule has 0 aliphatic carbocycles. The van der Waals surface area contributed by atoms with Crippen molar-refractivity contribution in [3.8, 4) is 0 Å². The van der Waals surface area contributed by atoms with Crippen LogP contribution in [0.2, 0.25) is 0 Å². The molecule has 2 aromatic rings. The molecule has 1 aromatic carbocycles. The first-order valence-electron chi connectivity index (χ1n) is 6.44. The minimum atomic E-state index is -1.13. The Morgan fingerprint density at radius 2 is 2.25 bits per heavy atom. The number of halogens is 1. The lowest BCUT2D eigenvalue weighted by molar-refractivity contribution is 0.0696. The third-order valence-corrected chi connectivity index (χ3v) is 4.00. The summed E-state index contributed by atoms with van der Waals surface area (Å²) in [6.45, 7) is 2.08. The molecule has 106 valence electrons. The molecular formula is C15H16FNO2S. The SMILES string of the molecule is CCCC(Nc1ccc(C(=O)O)cc1F)c1cccs1. The first-order valence-corrected chi connectivity index (χ1v) is 7.32. The fourth-order valence-corrected chi connectivity index (χ4v) is 2.83. The lowest BCUT2D eigenvalue weighted by atomic mass is 10.1. The lowest BCUT2D eigenvalue weighted by Crippen LogP contribution is -2.11. The van der Waals surface area contributed by atoms with Gasteiger partial charge in [0.05, 0.1) is 17.3 Å². The molecule has 1 aromatic heterocycles. The first-order chi connectivity index (χ1) is 9.61. The zero-order valence-corrected chi connectivity index (χ0v) is 11.9. The number of hydrogen-bond donors (Lipinski definition) is 2. The highest BCUT2D eigenvalue weighted by Crippen LogP contribution is 2.28. The molecule has 5 heteroatoms. The highest BCUT2D eigenvalue weighted by atomic mass is 32.1. The number of carboxylic acids is 1. The van der Waals surface area contributed by atoms with Crippen molar-refractivity contribution in [1.82, 2.24) is 0 Å². The van der Waals surface area contributed by atoms with Gasteiger partial charge in [0, 0.05) is 4.88 Å². The minimum Gasteiger partial charge on any atom is -0.478 e. The molecule has 0 aliphatic rings. The fourth-order valence-electron chi connectivity index (χ4n) is 2.02. The van der Waals surface area contributed by atoms with Crippen LogP contribution < -0.4 is 5.32 Å². The Hall–Kier alpha value is -1.88. The van der Waals surface area contributed by atoms with Gasteiger partial charge in [-0.2, -0.15) is 0 Å². The molecule has 0 aliphatic heterocycles. The van der Waals surface area contributed by atoms with Crippen molar-refractivity contribution in [2.45, 2.75) is 25.8 Å². The van der Waals surface area contributed by atoms with Crippen LogP contribution in [0.1, 0.15) is 41.0 Å². The van der Waals surface area contributed by atoms with E-state index in [2.05, 4.69) is 12.2 Å². The first kappa shape index (κ1) is 14.5. The summed E-state index contributed by atoms with van der Waals surface area (Å²) in [7, 11) is 0. The van der Waals surface area contributed by atoms with E-state index >= 15 is 0 Å². The quantitative estimate of drug-likeness (QED) is 0.822. The molecule has 0 saturated heterocycles. The van der Waals surface area contributed by atoms with Crippen molar-refractivity contribution in [3.05, 3.63) is 52.0 Å². The van der Waals surface area contributed by atoms with Crippen LogP contribution in [0.4, 0.5) is 10.1 Å². The van der Waals surface area contributed by atoms with E-state index in [1.54, 1.807) is 11.3 Å². The minimum absolute atomic E-state index is 0.0452. The highest BCUT2D eigenvalue weighted by molar-refractivity contribution is 7.10. The van der Waals surface area contributed by atoms with Crippen LogP contribution in [0.3, 0.4) is 0 Å². The Morgan fingerprint density at radius 3 is 2.80 bits per heavy atom. The van der Waals surface area contributed by atoms with Gasteiger partial charge in [-0.05, 0) is 36.1 Å². The van der Waals surface area contributed by atoms with Gasteiger partial charge in [0.25, 0.3) is 0 Å². The summed E-state index contributed by atoms with van der Waals surface area (Å²) < 4.78 is 13.9. The van der Waals surface area contributed by atoms with Gasteiger partial charge in [-0.3, -0.25) is 0 Å². The summed E-state index contributed by atoms with van der Waals surface area (Å²) in [5.74, 6) is -1.67. The van der Waals surface area contributed by atoms with Gasteiger partial charge >= 0.3 is 5.97 Å². The molecule has 1 unspecified atom stereocenters. The largest absolute Gasteiger partial charge is 0.478 e. The van der Waals surface area contributed by atoms with Gasteiger partial charge in [0.15, 0.2) is 0 Å². The maximum absolute atomic E-state index is 13.9. The molecule has 2 N–H and O–H groups in total. The van der Waals surface area contributed by atoms with E-state index in [0.29, 0.717) is 5.69 Å². The predicted octanol–water partition coefficient (Wildman–Crippen LogP) is 4.54. The Balaban J connectivity index is 2.21. The molecule has 0 radical (unpaired) electrons. The number of thiophene rings is 1. The number of carboxylic acid groups (broad SMARTS) is 1. The Labute approximate surface area is 121 Å². The average molecular weight is 293 g/mol. The molecule has 0 bridgehead atoms. The molecule has 0 amide bonds. The lowest BCUT2D eigenvalue weighted by Gasteiger charge is -2.18. The van der Waals surface area contributed by atoms with Crippen molar-refractivity contribution in [1.29, 1.82) is 0 Å². The van der Waals surface area contributed by atoms with Crippen LogP contribution in [-0.2, 0) is 0 Å². The number of hydrogen-bond acceptors (Lipinski definition) is 3. The van der Waals surface area contributed by atoms with Gasteiger partial charge in [0.1, 0.15) is 5.82 Å². The third kappa shape index (κ3) is 3.36. The van der Waals surface area contributed by atoms with E-state index in [1.807, 2.05) is 17.5 Å². The third-order valence-electron chi connectivity index (χ3n) is 3.01. The Morgan fingerprint density at radius 1 is 1.45 bits per heavy atom.